The van der Waals surface area contributed by atoms with Crippen LogP contribution in [0.25, 0.3) is 21.7 Å². The third kappa shape index (κ3) is 3.25. The Morgan fingerprint density at radius 1 is 1.00 bits per heavy atom. The van der Waals surface area contributed by atoms with Crippen molar-refractivity contribution in [2.45, 2.75) is 12.8 Å². The van der Waals surface area contributed by atoms with Gasteiger partial charge in [0, 0.05) is 35.0 Å². The van der Waals surface area contributed by atoms with Crippen LogP contribution in [0, 0.1) is 18.3 Å². The number of nitriles is 1. The van der Waals surface area contributed by atoms with Gasteiger partial charge in [0.2, 0.25) is 5.88 Å². The van der Waals surface area contributed by atoms with E-state index in [0.29, 0.717) is 24.5 Å². The number of ether oxygens (including phenoxy) is 2. The number of hydrogen-bond acceptors (Lipinski definition) is 6. The number of hydrogen-bond donors (Lipinski definition) is 1. The third-order valence-corrected chi connectivity index (χ3v) is 6.71. The predicted octanol–water partition coefficient (Wildman–Crippen LogP) is 4.75. The number of morpholine rings is 1. The highest BCUT2D eigenvalue weighted by atomic mass is 16.5. The lowest BCUT2D eigenvalue weighted by atomic mass is 9.82. The van der Waals surface area contributed by atoms with Crippen molar-refractivity contribution in [2.24, 2.45) is 5.73 Å². The van der Waals surface area contributed by atoms with Crippen LogP contribution in [0.3, 0.4) is 0 Å². The van der Waals surface area contributed by atoms with Gasteiger partial charge in [-0.2, -0.15) is 5.26 Å². The molecule has 4 aromatic rings. The maximum atomic E-state index is 10.2. The largest absolute Gasteiger partial charge is 0.440 e. The molecule has 0 saturated carbocycles. The van der Waals surface area contributed by atoms with E-state index < -0.39 is 0 Å². The van der Waals surface area contributed by atoms with E-state index in [1.807, 2.05) is 24.3 Å². The Hall–Kier alpha value is -4.08. The van der Waals surface area contributed by atoms with Crippen LogP contribution in [-0.2, 0) is 4.74 Å². The Bertz CT molecular complexity index is 1510. The molecule has 2 aliphatic rings. The number of benzene rings is 3. The van der Waals surface area contributed by atoms with Crippen molar-refractivity contribution in [3.8, 4) is 11.8 Å². The van der Waals surface area contributed by atoms with Crippen LogP contribution in [0.15, 0.2) is 72.1 Å². The van der Waals surface area contributed by atoms with E-state index in [-0.39, 0.29) is 11.8 Å². The first-order valence-corrected chi connectivity index (χ1v) is 11.5. The quantitative estimate of drug-likeness (QED) is 0.476. The number of nitrogens with zero attached hydrogens (tertiary/aromatic N) is 3. The number of pyridine rings is 1. The van der Waals surface area contributed by atoms with E-state index in [2.05, 4.69) is 54.3 Å². The molecule has 6 nitrogen and oxygen atoms in total. The molecular formula is C28H24N4O2. The van der Waals surface area contributed by atoms with Crippen molar-refractivity contribution in [1.82, 2.24) is 4.98 Å². The first-order chi connectivity index (χ1) is 16.6. The van der Waals surface area contributed by atoms with Gasteiger partial charge >= 0.3 is 0 Å². The van der Waals surface area contributed by atoms with Crippen LogP contribution in [0.5, 0.6) is 5.75 Å². The van der Waals surface area contributed by atoms with Gasteiger partial charge in [0.05, 0.1) is 24.6 Å². The second-order valence-electron chi connectivity index (χ2n) is 8.83. The molecule has 34 heavy (non-hydrogen) atoms. The van der Waals surface area contributed by atoms with Crippen LogP contribution < -0.4 is 15.4 Å². The van der Waals surface area contributed by atoms with E-state index >= 15 is 0 Å². The molecule has 0 spiro atoms. The number of allylic oxidation sites excluding steroid dienone is 1. The van der Waals surface area contributed by atoms with Crippen LogP contribution in [0.1, 0.15) is 22.6 Å². The van der Waals surface area contributed by atoms with E-state index in [0.717, 1.165) is 57.3 Å². The molecule has 1 unspecified atom stereocenters. The van der Waals surface area contributed by atoms with E-state index in [9.17, 15) is 5.26 Å². The second-order valence-corrected chi connectivity index (χ2v) is 8.83. The average molecular weight is 449 g/mol. The summed E-state index contributed by atoms with van der Waals surface area (Å²) in [4.78, 5) is 7.35. The Kier molecular flexibility index (Phi) is 4.86. The minimum atomic E-state index is -0.381. The molecule has 3 heterocycles. The predicted molar refractivity (Wildman–Crippen MR) is 133 cm³/mol. The first-order valence-electron chi connectivity index (χ1n) is 11.5. The summed E-state index contributed by atoms with van der Waals surface area (Å²) >= 11 is 0. The molecule has 0 amide bonds. The molecule has 0 radical (unpaired) electrons. The molecule has 2 aliphatic heterocycles. The van der Waals surface area contributed by atoms with E-state index in [1.165, 1.54) is 0 Å². The molecular weight excluding hydrogens is 424 g/mol. The maximum absolute atomic E-state index is 10.2. The first kappa shape index (κ1) is 20.5. The lowest BCUT2D eigenvalue weighted by Gasteiger charge is -2.33. The number of aromatic nitrogens is 1. The molecule has 2 N–H and O–H groups in total. The molecule has 3 aromatic carbocycles. The van der Waals surface area contributed by atoms with Crippen molar-refractivity contribution < 1.29 is 9.47 Å². The van der Waals surface area contributed by atoms with Crippen LogP contribution >= 0.6 is 0 Å². The fourth-order valence-electron chi connectivity index (χ4n) is 5.05. The lowest BCUT2D eigenvalue weighted by Crippen LogP contribution is -2.38. The summed E-state index contributed by atoms with van der Waals surface area (Å²) in [5, 5.41) is 13.2. The SMILES string of the molecule is Cc1ccc2nc(N3CCOCC3)c(C3C(C#N)=C(N)Oc4c3ccc3ccccc43)cc2c1. The second kappa shape index (κ2) is 8.05. The van der Waals surface area contributed by atoms with Gasteiger partial charge in [0.25, 0.3) is 0 Å². The zero-order valence-electron chi connectivity index (χ0n) is 18.9. The topological polar surface area (TPSA) is 84.4 Å². The van der Waals surface area contributed by atoms with Gasteiger partial charge in [-0.25, -0.2) is 4.98 Å². The molecule has 168 valence electrons. The molecule has 1 atom stereocenters. The molecule has 1 fully saturated rings. The number of nitrogens with two attached hydrogens (primary N) is 1. The van der Waals surface area contributed by atoms with Crippen molar-refractivity contribution in [2.75, 3.05) is 31.2 Å². The van der Waals surface area contributed by atoms with Crippen molar-refractivity contribution in [3.05, 3.63) is 88.8 Å². The highest BCUT2D eigenvalue weighted by Gasteiger charge is 2.35. The van der Waals surface area contributed by atoms with Crippen molar-refractivity contribution in [1.29, 1.82) is 5.26 Å². The summed E-state index contributed by atoms with van der Waals surface area (Å²) in [5.41, 5.74) is 10.7. The van der Waals surface area contributed by atoms with Crippen molar-refractivity contribution in [3.63, 3.8) is 0 Å². The van der Waals surface area contributed by atoms with Crippen LogP contribution in [0.4, 0.5) is 5.82 Å². The number of anilines is 1. The summed E-state index contributed by atoms with van der Waals surface area (Å²) in [6.45, 7) is 4.85. The maximum Gasteiger partial charge on any atom is 0.205 e. The molecule has 1 aromatic heterocycles. The highest BCUT2D eigenvalue weighted by Crippen LogP contribution is 2.47. The lowest BCUT2D eigenvalue weighted by molar-refractivity contribution is 0.122. The zero-order chi connectivity index (χ0) is 23.2. The van der Waals surface area contributed by atoms with Gasteiger partial charge < -0.3 is 20.1 Å². The third-order valence-electron chi connectivity index (χ3n) is 6.71. The highest BCUT2D eigenvalue weighted by molar-refractivity contribution is 5.91. The minimum absolute atomic E-state index is 0.147. The van der Waals surface area contributed by atoms with Crippen LogP contribution in [-0.4, -0.2) is 31.3 Å². The monoisotopic (exact) mass is 448 g/mol. The van der Waals surface area contributed by atoms with Gasteiger partial charge in [-0.15, -0.1) is 0 Å². The fraction of sp³-hybridized carbons (Fsp3) is 0.214. The summed E-state index contributed by atoms with van der Waals surface area (Å²) in [7, 11) is 0. The molecule has 1 saturated heterocycles. The zero-order valence-corrected chi connectivity index (χ0v) is 18.9. The average Bonchev–Trinajstić information content (AvgIpc) is 2.87. The minimum Gasteiger partial charge on any atom is -0.440 e. The van der Waals surface area contributed by atoms with Gasteiger partial charge in [0.1, 0.15) is 23.2 Å². The molecule has 6 rings (SSSR count). The molecule has 0 aliphatic carbocycles. The Balaban J connectivity index is 1.65. The van der Waals surface area contributed by atoms with Crippen molar-refractivity contribution >= 4 is 27.5 Å². The van der Waals surface area contributed by atoms with Gasteiger partial charge in [-0.1, -0.05) is 48.0 Å². The summed E-state index contributed by atoms with van der Waals surface area (Å²) in [5.74, 6) is 1.34. The Morgan fingerprint density at radius 2 is 1.82 bits per heavy atom. The summed E-state index contributed by atoms with van der Waals surface area (Å²) in [6, 6.07) is 23.0. The number of aryl methyl sites for hydroxylation is 1. The van der Waals surface area contributed by atoms with E-state index in [1.54, 1.807) is 0 Å². The van der Waals surface area contributed by atoms with Gasteiger partial charge in [0.15, 0.2) is 0 Å². The normalized spacial score (nSPS) is 18.0. The molecule has 6 heteroatoms. The Labute approximate surface area is 197 Å². The Morgan fingerprint density at radius 3 is 2.65 bits per heavy atom. The standard InChI is InChI=1S/C28H24N4O2/c1-17-6-9-24-19(14-17)15-22(28(31-24)32-10-12-33-13-11-32)25-21-8-7-18-4-2-3-5-20(18)26(21)34-27(30)23(25)16-29/h2-9,14-15,25H,10-13,30H2,1H3. The number of fused-ring (bicyclic) bond motifs is 4. The number of rotatable bonds is 2. The molecule has 0 bridgehead atoms. The van der Waals surface area contributed by atoms with Gasteiger partial charge in [-0.3, -0.25) is 0 Å². The van der Waals surface area contributed by atoms with Crippen LogP contribution in [0.2, 0.25) is 0 Å². The van der Waals surface area contributed by atoms with Gasteiger partial charge in [-0.05, 0) is 30.5 Å². The summed E-state index contributed by atoms with van der Waals surface area (Å²) < 4.78 is 11.7. The summed E-state index contributed by atoms with van der Waals surface area (Å²) in [6.07, 6.45) is 0. The van der Waals surface area contributed by atoms with E-state index in [4.69, 9.17) is 20.2 Å². The smallest absolute Gasteiger partial charge is 0.205 e. The fourth-order valence-corrected chi connectivity index (χ4v) is 5.05.